The van der Waals surface area contributed by atoms with Crippen LogP contribution in [0, 0.1) is 6.92 Å². The highest BCUT2D eigenvalue weighted by Crippen LogP contribution is 2.25. The summed E-state index contributed by atoms with van der Waals surface area (Å²) in [6.45, 7) is 3.50. The van der Waals surface area contributed by atoms with Crippen molar-refractivity contribution in [1.82, 2.24) is 9.36 Å². The molecule has 0 aliphatic carbocycles. The van der Waals surface area contributed by atoms with Gasteiger partial charge in [-0.3, -0.25) is 14.3 Å². The molecule has 1 aromatic heterocycles. The number of hydrogen-bond acceptors (Lipinski definition) is 3. The van der Waals surface area contributed by atoms with Crippen molar-refractivity contribution in [2.24, 2.45) is 7.05 Å². The van der Waals surface area contributed by atoms with E-state index in [2.05, 4.69) is 10.6 Å². The van der Waals surface area contributed by atoms with Crippen molar-refractivity contribution in [2.45, 2.75) is 19.9 Å². The number of anilines is 2. The number of carbonyl (C=O) groups is 1. The average molecular weight is 419 g/mol. The SMILES string of the molecule is Cc1c(NC(C)C(=O)Nc2ccc(Cl)cc2Cl)c(=O)n(-c2ccccc2)n1C. The zero-order valence-electron chi connectivity index (χ0n) is 15.7. The van der Waals surface area contributed by atoms with Gasteiger partial charge in [0.15, 0.2) is 0 Å². The van der Waals surface area contributed by atoms with E-state index in [1.807, 2.05) is 37.3 Å². The molecule has 3 rings (SSSR count). The highest BCUT2D eigenvalue weighted by atomic mass is 35.5. The van der Waals surface area contributed by atoms with Crippen molar-refractivity contribution in [2.75, 3.05) is 10.6 Å². The van der Waals surface area contributed by atoms with Crippen LogP contribution in [0.2, 0.25) is 10.0 Å². The van der Waals surface area contributed by atoms with Crippen molar-refractivity contribution in [1.29, 1.82) is 0 Å². The Morgan fingerprint density at radius 1 is 1.11 bits per heavy atom. The first kappa shape index (κ1) is 20.0. The molecular weight excluding hydrogens is 399 g/mol. The van der Waals surface area contributed by atoms with E-state index in [0.29, 0.717) is 21.4 Å². The van der Waals surface area contributed by atoms with Gasteiger partial charge < -0.3 is 10.6 Å². The Bertz CT molecular complexity index is 1070. The van der Waals surface area contributed by atoms with Gasteiger partial charge >= 0.3 is 0 Å². The quantitative estimate of drug-likeness (QED) is 0.651. The summed E-state index contributed by atoms with van der Waals surface area (Å²) in [6.07, 6.45) is 0. The Labute approximate surface area is 172 Å². The first-order chi connectivity index (χ1) is 13.3. The lowest BCUT2D eigenvalue weighted by molar-refractivity contribution is -0.116. The normalized spacial score (nSPS) is 11.9. The number of nitrogens with one attached hydrogen (secondary N) is 2. The standard InChI is InChI=1S/C20H20Cl2N4O2/c1-12(19(27)24-17-10-9-14(21)11-16(17)22)23-18-13(2)25(3)26(20(18)28)15-7-5-4-6-8-15/h4-12,23H,1-3H3,(H,24,27). The Kier molecular flexibility index (Phi) is 5.82. The van der Waals surface area contributed by atoms with E-state index in [1.165, 1.54) is 0 Å². The molecule has 1 atom stereocenters. The van der Waals surface area contributed by atoms with Gasteiger partial charge in [0, 0.05) is 12.1 Å². The third kappa shape index (κ3) is 3.93. The highest BCUT2D eigenvalue weighted by Gasteiger charge is 2.21. The maximum Gasteiger partial charge on any atom is 0.295 e. The topological polar surface area (TPSA) is 68.1 Å². The first-order valence-electron chi connectivity index (χ1n) is 8.66. The summed E-state index contributed by atoms with van der Waals surface area (Å²) in [7, 11) is 1.80. The number of rotatable bonds is 5. The van der Waals surface area contributed by atoms with E-state index in [-0.39, 0.29) is 11.5 Å². The van der Waals surface area contributed by atoms with Crippen molar-refractivity contribution >= 4 is 40.5 Å². The molecule has 0 fully saturated rings. The van der Waals surface area contributed by atoms with Crippen molar-refractivity contribution < 1.29 is 4.79 Å². The van der Waals surface area contributed by atoms with Crippen LogP contribution in [0.1, 0.15) is 12.6 Å². The second-order valence-corrected chi connectivity index (χ2v) is 7.26. The molecule has 0 saturated carbocycles. The molecule has 3 aromatic rings. The molecule has 2 N–H and O–H groups in total. The molecule has 0 bridgehead atoms. The van der Waals surface area contributed by atoms with E-state index < -0.39 is 6.04 Å². The Hall–Kier alpha value is -2.70. The van der Waals surface area contributed by atoms with Crippen LogP contribution < -0.4 is 16.2 Å². The number of para-hydroxylation sites is 1. The maximum atomic E-state index is 12.9. The van der Waals surface area contributed by atoms with Crippen molar-refractivity contribution in [3.05, 3.63) is 74.6 Å². The van der Waals surface area contributed by atoms with Gasteiger partial charge in [0.1, 0.15) is 11.7 Å². The molecule has 1 heterocycles. The Morgan fingerprint density at radius 2 is 1.79 bits per heavy atom. The minimum absolute atomic E-state index is 0.227. The summed E-state index contributed by atoms with van der Waals surface area (Å²) in [5.41, 5.74) is 2.07. The number of halogens is 2. The second-order valence-electron chi connectivity index (χ2n) is 6.42. The Morgan fingerprint density at radius 3 is 2.43 bits per heavy atom. The third-order valence-corrected chi connectivity index (χ3v) is 5.05. The monoisotopic (exact) mass is 418 g/mol. The van der Waals surface area contributed by atoms with Crippen LogP contribution in [0.25, 0.3) is 5.69 Å². The van der Waals surface area contributed by atoms with Crippen LogP contribution in [0.3, 0.4) is 0 Å². The molecule has 0 spiro atoms. The van der Waals surface area contributed by atoms with Crippen LogP contribution in [0.5, 0.6) is 0 Å². The van der Waals surface area contributed by atoms with E-state index in [0.717, 1.165) is 11.4 Å². The number of carbonyl (C=O) groups excluding carboxylic acids is 1. The predicted molar refractivity (Wildman–Crippen MR) is 114 cm³/mol. The fraction of sp³-hybridized carbons (Fsp3) is 0.200. The molecule has 0 saturated heterocycles. The first-order valence-corrected chi connectivity index (χ1v) is 9.41. The lowest BCUT2D eigenvalue weighted by Gasteiger charge is -2.15. The van der Waals surface area contributed by atoms with E-state index in [1.54, 1.807) is 41.5 Å². The molecule has 2 aromatic carbocycles. The number of aromatic nitrogens is 2. The summed E-state index contributed by atoms with van der Waals surface area (Å²) < 4.78 is 3.30. The lowest BCUT2D eigenvalue weighted by atomic mass is 10.2. The molecule has 146 valence electrons. The van der Waals surface area contributed by atoms with E-state index in [9.17, 15) is 9.59 Å². The fourth-order valence-corrected chi connectivity index (χ4v) is 3.30. The van der Waals surface area contributed by atoms with E-state index >= 15 is 0 Å². The summed E-state index contributed by atoms with van der Waals surface area (Å²) in [4.78, 5) is 25.5. The van der Waals surface area contributed by atoms with Gasteiger partial charge in [-0.1, -0.05) is 41.4 Å². The molecular formula is C20H20Cl2N4O2. The molecule has 0 aliphatic rings. The zero-order chi connectivity index (χ0) is 20.4. The fourth-order valence-electron chi connectivity index (χ4n) is 2.85. The van der Waals surface area contributed by atoms with Gasteiger partial charge in [0.05, 0.1) is 22.1 Å². The molecule has 1 unspecified atom stereocenters. The minimum atomic E-state index is -0.662. The summed E-state index contributed by atoms with van der Waals surface area (Å²) in [5, 5.41) is 6.59. The van der Waals surface area contributed by atoms with Crippen LogP contribution >= 0.6 is 23.2 Å². The van der Waals surface area contributed by atoms with Crippen molar-refractivity contribution in [3.8, 4) is 5.69 Å². The smallest absolute Gasteiger partial charge is 0.295 e. The van der Waals surface area contributed by atoms with E-state index in [4.69, 9.17) is 23.2 Å². The average Bonchev–Trinajstić information content (AvgIpc) is 2.88. The molecule has 8 heteroatoms. The van der Waals surface area contributed by atoms with Gasteiger partial charge in [-0.05, 0) is 44.2 Å². The Balaban J connectivity index is 1.83. The van der Waals surface area contributed by atoms with Gasteiger partial charge in [0.25, 0.3) is 5.56 Å². The van der Waals surface area contributed by atoms with Crippen LogP contribution in [-0.4, -0.2) is 21.3 Å². The second kappa shape index (κ2) is 8.12. The lowest BCUT2D eigenvalue weighted by Crippen LogP contribution is -2.34. The predicted octanol–water partition coefficient (Wildman–Crippen LogP) is 4.23. The van der Waals surface area contributed by atoms with Crippen LogP contribution in [-0.2, 0) is 11.8 Å². The van der Waals surface area contributed by atoms with Gasteiger partial charge in [0.2, 0.25) is 5.91 Å². The molecule has 28 heavy (non-hydrogen) atoms. The van der Waals surface area contributed by atoms with Gasteiger partial charge in [-0.15, -0.1) is 0 Å². The molecule has 1 amide bonds. The largest absolute Gasteiger partial charge is 0.368 e. The number of amides is 1. The van der Waals surface area contributed by atoms with Crippen molar-refractivity contribution in [3.63, 3.8) is 0 Å². The zero-order valence-corrected chi connectivity index (χ0v) is 17.2. The maximum absolute atomic E-state index is 12.9. The summed E-state index contributed by atoms with van der Waals surface area (Å²) >= 11 is 12.0. The molecule has 0 aliphatic heterocycles. The highest BCUT2D eigenvalue weighted by molar-refractivity contribution is 6.36. The number of nitrogens with zero attached hydrogens (tertiary/aromatic N) is 2. The number of hydrogen-bond donors (Lipinski definition) is 2. The van der Waals surface area contributed by atoms with Crippen LogP contribution in [0.15, 0.2) is 53.3 Å². The van der Waals surface area contributed by atoms with Gasteiger partial charge in [-0.25, -0.2) is 4.68 Å². The minimum Gasteiger partial charge on any atom is -0.368 e. The van der Waals surface area contributed by atoms with Gasteiger partial charge in [-0.2, -0.15) is 0 Å². The van der Waals surface area contributed by atoms with Crippen LogP contribution in [0.4, 0.5) is 11.4 Å². The molecule has 0 radical (unpaired) electrons. The molecule has 6 nitrogen and oxygen atoms in total. The number of benzene rings is 2. The third-order valence-electron chi connectivity index (χ3n) is 4.50. The summed E-state index contributed by atoms with van der Waals surface area (Å²) in [5.74, 6) is -0.321. The summed E-state index contributed by atoms with van der Waals surface area (Å²) in [6, 6.07) is 13.5.